The highest BCUT2D eigenvalue weighted by atomic mass is 32.2. The summed E-state index contributed by atoms with van der Waals surface area (Å²) in [4.78, 5) is 2.28. The molecule has 0 bridgehead atoms. The zero-order valence-corrected chi connectivity index (χ0v) is 10.9. The standard InChI is InChI=1S/C13H20N2S/c1-3-15(2)13-7-5-4-6-12(13)14-11-8-9-16-10-11/h4-7,11,14H,3,8-10H2,1-2H3. The molecule has 1 aromatic rings. The molecular weight excluding hydrogens is 216 g/mol. The van der Waals surface area contributed by atoms with E-state index in [1.165, 1.54) is 29.3 Å². The summed E-state index contributed by atoms with van der Waals surface area (Å²) in [5.74, 6) is 2.54. The molecule has 1 aromatic carbocycles. The Morgan fingerprint density at radius 2 is 2.25 bits per heavy atom. The van der Waals surface area contributed by atoms with Crippen molar-refractivity contribution in [1.29, 1.82) is 0 Å². The third kappa shape index (κ3) is 2.64. The van der Waals surface area contributed by atoms with Crippen LogP contribution in [0.15, 0.2) is 24.3 Å². The van der Waals surface area contributed by atoms with E-state index in [4.69, 9.17) is 0 Å². The minimum atomic E-state index is 0.649. The van der Waals surface area contributed by atoms with Crippen molar-refractivity contribution in [3.63, 3.8) is 0 Å². The van der Waals surface area contributed by atoms with Crippen LogP contribution in [0.4, 0.5) is 11.4 Å². The molecular formula is C13H20N2S. The maximum Gasteiger partial charge on any atom is 0.0599 e. The largest absolute Gasteiger partial charge is 0.380 e. The van der Waals surface area contributed by atoms with E-state index in [0.717, 1.165) is 6.54 Å². The SMILES string of the molecule is CCN(C)c1ccccc1NC1CCSC1. The Morgan fingerprint density at radius 1 is 1.44 bits per heavy atom. The van der Waals surface area contributed by atoms with Crippen molar-refractivity contribution in [1.82, 2.24) is 0 Å². The number of nitrogens with zero attached hydrogens (tertiary/aromatic N) is 1. The van der Waals surface area contributed by atoms with E-state index in [2.05, 4.69) is 48.5 Å². The predicted octanol–water partition coefficient (Wildman–Crippen LogP) is 3.06. The van der Waals surface area contributed by atoms with Gasteiger partial charge in [0.15, 0.2) is 0 Å². The van der Waals surface area contributed by atoms with Crippen LogP contribution >= 0.6 is 11.8 Å². The van der Waals surface area contributed by atoms with E-state index in [1.807, 2.05) is 11.8 Å². The zero-order valence-electron chi connectivity index (χ0n) is 10.1. The molecule has 0 radical (unpaired) electrons. The van der Waals surface area contributed by atoms with Gasteiger partial charge in [-0.05, 0) is 31.2 Å². The molecule has 88 valence electrons. The first kappa shape index (κ1) is 11.6. The third-order valence-electron chi connectivity index (χ3n) is 3.08. The van der Waals surface area contributed by atoms with Gasteiger partial charge in [0.1, 0.15) is 0 Å². The molecule has 1 atom stereocenters. The second kappa shape index (κ2) is 5.48. The fourth-order valence-electron chi connectivity index (χ4n) is 1.97. The number of nitrogens with one attached hydrogen (secondary N) is 1. The monoisotopic (exact) mass is 236 g/mol. The van der Waals surface area contributed by atoms with Crippen LogP contribution in [0, 0.1) is 0 Å². The van der Waals surface area contributed by atoms with Crippen molar-refractivity contribution >= 4 is 23.1 Å². The van der Waals surface area contributed by atoms with E-state index >= 15 is 0 Å². The maximum absolute atomic E-state index is 3.66. The number of para-hydroxylation sites is 2. The molecule has 1 aliphatic rings. The Labute approximate surface area is 102 Å². The summed E-state index contributed by atoms with van der Waals surface area (Å²) in [6.45, 7) is 3.22. The topological polar surface area (TPSA) is 15.3 Å². The van der Waals surface area contributed by atoms with Crippen LogP contribution in [0.25, 0.3) is 0 Å². The first-order valence-electron chi connectivity index (χ1n) is 5.95. The van der Waals surface area contributed by atoms with E-state index in [1.54, 1.807) is 0 Å². The highest BCUT2D eigenvalue weighted by molar-refractivity contribution is 7.99. The fourth-order valence-corrected chi connectivity index (χ4v) is 3.12. The number of anilines is 2. The van der Waals surface area contributed by atoms with E-state index < -0.39 is 0 Å². The molecule has 0 spiro atoms. The maximum atomic E-state index is 3.66. The number of hydrogen-bond donors (Lipinski definition) is 1. The lowest BCUT2D eigenvalue weighted by molar-refractivity contribution is 0.811. The van der Waals surface area contributed by atoms with Gasteiger partial charge in [0.05, 0.1) is 11.4 Å². The van der Waals surface area contributed by atoms with Crippen molar-refractivity contribution in [2.45, 2.75) is 19.4 Å². The Kier molecular flexibility index (Phi) is 3.99. The molecule has 0 aliphatic carbocycles. The third-order valence-corrected chi connectivity index (χ3v) is 4.24. The summed E-state index contributed by atoms with van der Waals surface area (Å²) in [5, 5.41) is 3.66. The van der Waals surface area contributed by atoms with Gasteiger partial charge in [0.25, 0.3) is 0 Å². The van der Waals surface area contributed by atoms with Gasteiger partial charge in [-0.15, -0.1) is 0 Å². The highest BCUT2D eigenvalue weighted by Gasteiger charge is 2.16. The van der Waals surface area contributed by atoms with Gasteiger partial charge in [-0.25, -0.2) is 0 Å². The minimum Gasteiger partial charge on any atom is -0.380 e. The second-order valence-corrected chi connectivity index (χ2v) is 5.39. The van der Waals surface area contributed by atoms with Crippen LogP contribution in [0.1, 0.15) is 13.3 Å². The highest BCUT2D eigenvalue weighted by Crippen LogP contribution is 2.28. The molecule has 0 aromatic heterocycles. The van der Waals surface area contributed by atoms with Crippen molar-refractivity contribution in [2.24, 2.45) is 0 Å². The van der Waals surface area contributed by atoms with E-state index in [0.29, 0.717) is 6.04 Å². The fraction of sp³-hybridized carbons (Fsp3) is 0.538. The Hall–Kier alpha value is -0.830. The van der Waals surface area contributed by atoms with Crippen LogP contribution in [-0.4, -0.2) is 31.1 Å². The van der Waals surface area contributed by atoms with Crippen molar-refractivity contribution < 1.29 is 0 Å². The Bertz CT molecular complexity index is 334. The summed E-state index contributed by atoms with van der Waals surface area (Å²) in [6.07, 6.45) is 1.29. The normalized spacial score (nSPS) is 19.8. The lowest BCUT2D eigenvalue weighted by Gasteiger charge is -2.23. The van der Waals surface area contributed by atoms with E-state index in [9.17, 15) is 0 Å². The molecule has 1 fully saturated rings. The summed E-state index contributed by atoms with van der Waals surface area (Å²) in [6, 6.07) is 9.24. The van der Waals surface area contributed by atoms with Gasteiger partial charge in [-0.3, -0.25) is 0 Å². The van der Waals surface area contributed by atoms with Crippen LogP contribution in [0.5, 0.6) is 0 Å². The zero-order chi connectivity index (χ0) is 11.4. The van der Waals surface area contributed by atoms with Crippen LogP contribution < -0.4 is 10.2 Å². The number of hydrogen-bond acceptors (Lipinski definition) is 3. The van der Waals surface area contributed by atoms with Gasteiger partial charge in [-0.1, -0.05) is 12.1 Å². The van der Waals surface area contributed by atoms with Crippen LogP contribution in [0.3, 0.4) is 0 Å². The first-order chi connectivity index (χ1) is 7.81. The Balaban J connectivity index is 2.12. The summed E-state index contributed by atoms with van der Waals surface area (Å²) >= 11 is 2.05. The molecule has 1 saturated heterocycles. The van der Waals surface area contributed by atoms with Gasteiger partial charge < -0.3 is 10.2 Å². The summed E-state index contributed by atoms with van der Waals surface area (Å²) < 4.78 is 0. The number of thioether (sulfide) groups is 1. The van der Waals surface area contributed by atoms with Crippen LogP contribution in [0.2, 0.25) is 0 Å². The Morgan fingerprint density at radius 3 is 2.94 bits per heavy atom. The van der Waals surface area contributed by atoms with Gasteiger partial charge in [-0.2, -0.15) is 11.8 Å². The van der Waals surface area contributed by atoms with Gasteiger partial charge in [0, 0.05) is 25.4 Å². The lowest BCUT2D eigenvalue weighted by Crippen LogP contribution is -2.22. The number of benzene rings is 1. The van der Waals surface area contributed by atoms with Crippen molar-refractivity contribution in [2.75, 3.05) is 35.3 Å². The molecule has 2 nitrogen and oxygen atoms in total. The molecule has 16 heavy (non-hydrogen) atoms. The van der Waals surface area contributed by atoms with Crippen molar-refractivity contribution in [3.05, 3.63) is 24.3 Å². The molecule has 1 aliphatic heterocycles. The molecule has 2 rings (SSSR count). The summed E-state index contributed by atoms with van der Waals surface area (Å²) in [7, 11) is 2.14. The minimum absolute atomic E-state index is 0.649. The molecule has 1 unspecified atom stereocenters. The lowest BCUT2D eigenvalue weighted by atomic mass is 10.2. The predicted molar refractivity (Wildman–Crippen MR) is 74.7 cm³/mol. The average molecular weight is 236 g/mol. The average Bonchev–Trinajstić information content (AvgIpc) is 2.82. The molecule has 1 heterocycles. The molecule has 1 N–H and O–H groups in total. The first-order valence-corrected chi connectivity index (χ1v) is 7.11. The molecule has 0 saturated carbocycles. The summed E-state index contributed by atoms with van der Waals surface area (Å²) in [5.41, 5.74) is 2.58. The van der Waals surface area contributed by atoms with Crippen LogP contribution in [-0.2, 0) is 0 Å². The number of rotatable bonds is 4. The molecule has 0 amide bonds. The molecule has 3 heteroatoms. The van der Waals surface area contributed by atoms with Gasteiger partial charge in [0.2, 0.25) is 0 Å². The second-order valence-electron chi connectivity index (χ2n) is 4.24. The van der Waals surface area contributed by atoms with E-state index in [-0.39, 0.29) is 0 Å². The quantitative estimate of drug-likeness (QED) is 0.865. The smallest absolute Gasteiger partial charge is 0.0599 e. The van der Waals surface area contributed by atoms with Gasteiger partial charge >= 0.3 is 0 Å². The van der Waals surface area contributed by atoms with Crippen molar-refractivity contribution in [3.8, 4) is 0 Å².